The monoisotopic (exact) mass is 369 g/mol. The Hall–Kier alpha value is -1.00. The second kappa shape index (κ2) is 6.81. The largest absolute Gasteiger partial charge is 0.293 e. The van der Waals surface area contributed by atoms with Crippen LogP contribution in [0.25, 0.3) is 11.1 Å². The fourth-order valence-corrected chi connectivity index (χ4v) is 2.08. The standard InChI is InChI=1S/C14H12BrNO.BrH/c1-10-7-11(14(17)8-15)4-5-13(10)12-3-2-6-16-9-12;/h2-7,9H,8H2,1H3;1H. The number of benzene rings is 1. The van der Waals surface area contributed by atoms with E-state index in [1.165, 1.54) is 0 Å². The number of Topliss-reactive ketones (excluding diaryl/α,β-unsaturated/α-hetero) is 1. The van der Waals surface area contributed by atoms with Crippen LogP contribution in [0.2, 0.25) is 0 Å². The highest BCUT2D eigenvalue weighted by atomic mass is 79.9. The van der Waals surface area contributed by atoms with Crippen LogP contribution in [0.15, 0.2) is 42.7 Å². The van der Waals surface area contributed by atoms with E-state index >= 15 is 0 Å². The van der Waals surface area contributed by atoms with Crippen LogP contribution in [0.3, 0.4) is 0 Å². The molecule has 0 bridgehead atoms. The Kier molecular flexibility index (Phi) is 5.69. The van der Waals surface area contributed by atoms with Gasteiger partial charge < -0.3 is 0 Å². The number of carbonyl (C=O) groups is 1. The summed E-state index contributed by atoms with van der Waals surface area (Å²) in [7, 11) is 0. The van der Waals surface area contributed by atoms with Gasteiger partial charge in [0.05, 0.1) is 5.33 Å². The predicted octanol–water partition coefficient (Wildman–Crippen LogP) is 4.21. The average molecular weight is 371 g/mol. The number of alkyl halides is 1. The van der Waals surface area contributed by atoms with Crippen molar-refractivity contribution >= 4 is 38.7 Å². The van der Waals surface area contributed by atoms with Crippen molar-refractivity contribution in [2.24, 2.45) is 0 Å². The maximum atomic E-state index is 11.6. The zero-order valence-electron chi connectivity index (χ0n) is 9.89. The molecule has 0 aliphatic carbocycles. The molecule has 2 rings (SSSR count). The minimum absolute atomic E-state index is 0. The molecular formula is C14H13Br2NO. The Labute approximate surface area is 125 Å². The summed E-state index contributed by atoms with van der Waals surface area (Å²) in [6.45, 7) is 2.01. The molecular weight excluding hydrogens is 358 g/mol. The van der Waals surface area contributed by atoms with Gasteiger partial charge in [-0.15, -0.1) is 17.0 Å². The number of rotatable bonds is 3. The Balaban J connectivity index is 0.00000162. The number of pyridine rings is 1. The summed E-state index contributed by atoms with van der Waals surface area (Å²) in [6, 6.07) is 9.68. The lowest BCUT2D eigenvalue weighted by Crippen LogP contribution is -2.00. The minimum Gasteiger partial charge on any atom is -0.293 e. The van der Waals surface area contributed by atoms with E-state index in [9.17, 15) is 4.79 Å². The molecule has 2 aromatic rings. The summed E-state index contributed by atoms with van der Waals surface area (Å²) in [5, 5.41) is 0.360. The molecule has 0 unspecified atom stereocenters. The van der Waals surface area contributed by atoms with Crippen LogP contribution < -0.4 is 0 Å². The lowest BCUT2D eigenvalue weighted by atomic mass is 9.98. The molecule has 0 saturated carbocycles. The SMILES string of the molecule is Br.Cc1cc(C(=O)CBr)ccc1-c1cccnc1. The third-order valence-corrected chi connectivity index (χ3v) is 3.15. The van der Waals surface area contributed by atoms with Gasteiger partial charge in [0.1, 0.15) is 0 Å². The summed E-state index contributed by atoms with van der Waals surface area (Å²) in [5.74, 6) is 0.103. The quantitative estimate of drug-likeness (QED) is 0.598. The Bertz CT molecular complexity index is 541. The van der Waals surface area contributed by atoms with Crippen molar-refractivity contribution in [2.75, 3.05) is 5.33 Å². The molecule has 1 heterocycles. The number of nitrogens with zero attached hydrogens (tertiary/aromatic N) is 1. The molecule has 2 nitrogen and oxygen atoms in total. The van der Waals surface area contributed by atoms with Gasteiger partial charge in [0.25, 0.3) is 0 Å². The first-order chi connectivity index (χ1) is 8.22. The van der Waals surface area contributed by atoms with Gasteiger partial charge in [-0.25, -0.2) is 0 Å². The van der Waals surface area contributed by atoms with Crippen molar-refractivity contribution in [2.45, 2.75) is 6.92 Å². The van der Waals surface area contributed by atoms with Crippen LogP contribution in [0.1, 0.15) is 15.9 Å². The van der Waals surface area contributed by atoms with E-state index in [-0.39, 0.29) is 22.8 Å². The molecule has 0 atom stereocenters. The zero-order chi connectivity index (χ0) is 12.3. The van der Waals surface area contributed by atoms with Gasteiger partial charge in [-0.3, -0.25) is 9.78 Å². The van der Waals surface area contributed by atoms with Gasteiger partial charge in [0.15, 0.2) is 5.78 Å². The lowest BCUT2D eigenvalue weighted by Gasteiger charge is -2.07. The highest BCUT2D eigenvalue weighted by molar-refractivity contribution is 9.09. The van der Waals surface area contributed by atoms with E-state index in [4.69, 9.17) is 0 Å². The number of hydrogen-bond donors (Lipinski definition) is 0. The third-order valence-electron chi connectivity index (χ3n) is 2.64. The average Bonchev–Trinajstić information content (AvgIpc) is 2.38. The lowest BCUT2D eigenvalue weighted by molar-refractivity contribution is 0.102. The van der Waals surface area contributed by atoms with Gasteiger partial charge in [0.2, 0.25) is 0 Å². The van der Waals surface area contributed by atoms with Gasteiger partial charge >= 0.3 is 0 Å². The molecule has 0 spiro atoms. The van der Waals surface area contributed by atoms with Crippen LogP contribution in [-0.2, 0) is 0 Å². The van der Waals surface area contributed by atoms with Crippen molar-refractivity contribution in [3.05, 3.63) is 53.9 Å². The van der Waals surface area contributed by atoms with Crippen LogP contribution in [0, 0.1) is 6.92 Å². The Morgan fingerprint density at radius 3 is 2.67 bits per heavy atom. The van der Waals surface area contributed by atoms with Crippen molar-refractivity contribution in [1.29, 1.82) is 0 Å². The van der Waals surface area contributed by atoms with E-state index in [0.717, 1.165) is 22.3 Å². The van der Waals surface area contributed by atoms with Crippen LogP contribution in [0.5, 0.6) is 0 Å². The van der Waals surface area contributed by atoms with Gasteiger partial charge in [-0.05, 0) is 30.2 Å². The molecule has 0 amide bonds. The maximum Gasteiger partial charge on any atom is 0.173 e. The fraction of sp³-hybridized carbons (Fsp3) is 0.143. The molecule has 0 radical (unpaired) electrons. The van der Waals surface area contributed by atoms with Gasteiger partial charge in [-0.1, -0.05) is 34.1 Å². The van der Waals surface area contributed by atoms with E-state index < -0.39 is 0 Å². The van der Waals surface area contributed by atoms with Crippen LogP contribution >= 0.6 is 32.9 Å². The van der Waals surface area contributed by atoms with Gasteiger partial charge in [0, 0.05) is 23.5 Å². The molecule has 0 fully saturated rings. The molecule has 4 heteroatoms. The number of halogens is 2. The molecule has 94 valence electrons. The molecule has 0 aliphatic heterocycles. The summed E-state index contributed by atoms with van der Waals surface area (Å²) in [4.78, 5) is 15.7. The summed E-state index contributed by atoms with van der Waals surface area (Å²) < 4.78 is 0. The smallest absolute Gasteiger partial charge is 0.173 e. The normalized spacial score (nSPS) is 9.67. The number of aromatic nitrogens is 1. The first-order valence-corrected chi connectivity index (χ1v) is 6.44. The number of aryl methyl sites for hydroxylation is 1. The number of ketones is 1. The first-order valence-electron chi connectivity index (χ1n) is 5.32. The Morgan fingerprint density at radius 2 is 2.11 bits per heavy atom. The van der Waals surface area contributed by atoms with E-state index in [1.807, 2.05) is 43.5 Å². The Morgan fingerprint density at radius 1 is 1.33 bits per heavy atom. The van der Waals surface area contributed by atoms with Crippen molar-refractivity contribution in [3.63, 3.8) is 0 Å². The fourth-order valence-electron chi connectivity index (χ4n) is 1.76. The summed E-state index contributed by atoms with van der Waals surface area (Å²) in [5.41, 5.74) is 4.02. The highest BCUT2D eigenvalue weighted by Crippen LogP contribution is 2.23. The second-order valence-corrected chi connectivity index (χ2v) is 4.39. The minimum atomic E-state index is 0. The summed E-state index contributed by atoms with van der Waals surface area (Å²) >= 11 is 3.18. The third kappa shape index (κ3) is 3.27. The first kappa shape index (κ1) is 15.1. The van der Waals surface area contributed by atoms with Gasteiger partial charge in [-0.2, -0.15) is 0 Å². The molecule has 1 aromatic carbocycles. The van der Waals surface area contributed by atoms with Crippen LogP contribution in [-0.4, -0.2) is 16.1 Å². The van der Waals surface area contributed by atoms with Crippen molar-refractivity contribution < 1.29 is 4.79 Å². The second-order valence-electron chi connectivity index (χ2n) is 3.83. The topological polar surface area (TPSA) is 30.0 Å². The molecule has 0 aliphatic rings. The van der Waals surface area contributed by atoms with Crippen molar-refractivity contribution in [3.8, 4) is 11.1 Å². The zero-order valence-corrected chi connectivity index (χ0v) is 13.2. The number of hydrogen-bond acceptors (Lipinski definition) is 2. The molecule has 0 saturated heterocycles. The summed E-state index contributed by atoms with van der Waals surface area (Å²) in [6.07, 6.45) is 3.58. The van der Waals surface area contributed by atoms with E-state index in [1.54, 1.807) is 6.20 Å². The predicted molar refractivity (Wildman–Crippen MR) is 82.9 cm³/mol. The molecule has 0 N–H and O–H groups in total. The molecule has 18 heavy (non-hydrogen) atoms. The maximum absolute atomic E-state index is 11.6. The van der Waals surface area contributed by atoms with E-state index in [0.29, 0.717) is 5.33 Å². The van der Waals surface area contributed by atoms with Crippen molar-refractivity contribution in [1.82, 2.24) is 4.98 Å². The molecule has 1 aromatic heterocycles. The van der Waals surface area contributed by atoms with E-state index in [2.05, 4.69) is 20.9 Å². The number of carbonyl (C=O) groups excluding carboxylic acids is 1. The van der Waals surface area contributed by atoms with Crippen LogP contribution in [0.4, 0.5) is 0 Å². The highest BCUT2D eigenvalue weighted by Gasteiger charge is 2.07.